The Bertz CT molecular complexity index is 772. The van der Waals surface area contributed by atoms with E-state index in [0.717, 1.165) is 31.5 Å². The van der Waals surface area contributed by atoms with E-state index in [1.54, 1.807) is 13.8 Å². The molecule has 1 aromatic carbocycles. The largest absolute Gasteiger partial charge is 0.481 e. The van der Waals surface area contributed by atoms with E-state index in [4.69, 9.17) is 0 Å². The minimum Gasteiger partial charge on any atom is -0.481 e. The maximum Gasteiger partial charge on any atom is 0.313 e. The molecule has 0 radical (unpaired) electrons. The van der Waals surface area contributed by atoms with Crippen LogP contribution in [0, 0.1) is 17.8 Å². The van der Waals surface area contributed by atoms with Gasteiger partial charge >= 0.3 is 5.97 Å². The average Bonchev–Trinajstić information content (AvgIpc) is 3.11. The molecule has 0 bridgehead atoms. The molecular formula is C21H26N2O4. The summed E-state index contributed by atoms with van der Waals surface area (Å²) in [6, 6.07) is 8.09. The van der Waals surface area contributed by atoms with Crippen LogP contribution >= 0.6 is 0 Å². The van der Waals surface area contributed by atoms with Gasteiger partial charge in [0.25, 0.3) is 0 Å². The van der Waals surface area contributed by atoms with Crippen molar-refractivity contribution in [3.8, 4) is 0 Å². The number of amides is 2. The maximum absolute atomic E-state index is 12.6. The van der Waals surface area contributed by atoms with Crippen molar-refractivity contribution in [3.05, 3.63) is 35.4 Å². The third-order valence-corrected chi connectivity index (χ3v) is 6.82. The first-order valence-corrected chi connectivity index (χ1v) is 9.65. The van der Waals surface area contributed by atoms with Crippen LogP contribution in [-0.2, 0) is 19.8 Å². The van der Waals surface area contributed by atoms with Crippen LogP contribution in [0.4, 0.5) is 0 Å². The molecule has 2 aliphatic carbocycles. The monoisotopic (exact) mass is 370 g/mol. The third-order valence-electron chi connectivity index (χ3n) is 6.82. The van der Waals surface area contributed by atoms with E-state index in [-0.39, 0.29) is 17.9 Å². The molecule has 2 atom stereocenters. The van der Waals surface area contributed by atoms with Crippen LogP contribution in [0.15, 0.2) is 24.3 Å². The molecule has 2 N–H and O–H groups in total. The third kappa shape index (κ3) is 3.01. The van der Waals surface area contributed by atoms with Crippen molar-refractivity contribution in [2.45, 2.75) is 44.1 Å². The number of hydrogen-bond donors (Lipinski definition) is 2. The maximum atomic E-state index is 12.6. The molecule has 2 unspecified atom stereocenters. The number of likely N-dealkylation sites (tertiary alicyclic amines) is 1. The van der Waals surface area contributed by atoms with Gasteiger partial charge in [-0.15, -0.1) is 0 Å². The van der Waals surface area contributed by atoms with Crippen LogP contribution in [0.3, 0.4) is 0 Å². The van der Waals surface area contributed by atoms with E-state index in [2.05, 4.69) is 11.4 Å². The number of nitrogens with zero attached hydrogens (tertiary/aromatic N) is 1. The summed E-state index contributed by atoms with van der Waals surface area (Å²) in [5, 5.41) is 12.2. The summed E-state index contributed by atoms with van der Waals surface area (Å²) >= 11 is 0. The van der Waals surface area contributed by atoms with Gasteiger partial charge in [0.05, 0.1) is 5.41 Å². The van der Waals surface area contributed by atoms with Crippen molar-refractivity contribution in [1.82, 2.24) is 10.2 Å². The van der Waals surface area contributed by atoms with Crippen LogP contribution in [0.5, 0.6) is 0 Å². The van der Waals surface area contributed by atoms with Crippen LogP contribution in [0.25, 0.3) is 0 Å². The van der Waals surface area contributed by atoms with Gasteiger partial charge in [-0.2, -0.15) is 0 Å². The fraction of sp³-hybridized carbons (Fsp3) is 0.571. The molecule has 0 aromatic heterocycles. The fourth-order valence-electron chi connectivity index (χ4n) is 4.77. The highest BCUT2D eigenvalue weighted by Gasteiger charge is 2.58. The van der Waals surface area contributed by atoms with Gasteiger partial charge in [-0.1, -0.05) is 24.3 Å². The predicted octanol–water partition coefficient (Wildman–Crippen LogP) is 1.75. The number of nitrogens with one attached hydrogen (secondary N) is 1. The van der Waals surface area contributed by atoms with E-state index in [1.807, 2.05) is 23.1 Å². The summed E-state index contributed by atoms with van der Waals surface area (Å²) in [4.78, 5) is 36.5. The Kier molecular flexibility index (Phi) is 4.24. The number of aliphatic carboxylic acids is 1. The number of fused-ring (bicyclic) bond motifs is 1. The number of carboxylic acids is 1. The molecule has 1 aromatic rings. The molecule has 6 nitrogen and oxygen atoms in total. The number of benzene rings is 1. The highest BCUT2D eigenvalue weighted by Crippen LogP contribution is 2.58. The van der Waals surface area contributed by atoms with E-state index < -0.39 is 11.4 Å². The fourth-order valence-corrected chi connectivity index (χ4v) is 4.77. The van der Waals surface area contributed by atoms with Crippen LogP contribution in [0.1, 0.15) is 43.7 Å². The zero-order valence-electron chi connectivity index (χ0n) is 15.7. The summed E-state index contributed by atoms with van der Waals surface area (Å²) < 4.78 is 0. The molecule has 0 spiro atoms. The Morgan fingerprint density at radius 2 is 1.89 bits per heavy atom. The van der Waals surface area contributed by atoms with Gasteiger partial charge < -0.3 is 15.3 Å². The van der Waals surface area contributed by atoms with Gasteiger partial charge in [-0.05, 0) is 55.6 Å². The number of hydrogen-bond acceptors (Lipinski definition) is 3. The highest BCUT2D eigenvalue weighted by molar-refractivity contribution is 5.81. The summed E-state index contributed by atoms with van der Waals surface area (Å²) in [6.45, 7) is 5.05. The minimum atomic E-state index is -0.904. The summed E-state index contributed by atoms with van der Waals surface area (Å²) in [5.74, 6) is 0.866. The molecular weight excluding hydrogens is 344 g/mol. The van der Waals surface area contributed by atoms with Gasteiger partial charge in [0.2, 0.25) is 12.3 Å². The lowest BCUT2D eigenvalue weighted by molar-refractivity contribution is -0.142. The van der Waals surface area contributed by atoms with Crippen molar-refractivity contribution in [2.75, 3.05) is 13.1 Å². The van der Waals surface area contributed by atoms with E-state index in [0.29, 0.717) is 24.2 Å². The average molecular weight is 370 g/mol. The molecule has 6 heteroatoms. The molecule has 1 aliphatic heterocycles. The van der Waals surface area contributed by atoms with Gasteiger partial charge in [0, 0.05) is 25.0 Å². The quantitative estimate of drug-likeness (QED) is 0.747. The second kappa shape index (κ2) is 6.36. The molecule has 4 rings (SSSR count). The van der Waals surface area contributed by atoms with Gasteiger partial charge in [0.1, 0.15) is 0 Å². The first-order valence-electron chi connectivity index (χ1n) is 9.65. The van der Waals surface area contributed by atoms with Gasteiger partial charge in [-0.25, -0.2) is 0 Å². The highest BCUT2D eigenvalue weighted by atomic mass is 16.4. The Morgan fingerprint density at radius 3 is 2.48 bits per heavy atom. The number of piperidine rings is 1. The smallest absolute Gasteiger partial charge is 0.313 e. The van der Waals surface area contributed by atoms with Crippen LogP contribution < -0.4 is 5.32 Å². The van der Waals surface area contributed by atoms with Crippen LogP contribution in [-0.4, -0.2) is 47.4 Å². The number of carbonyl (C=O) groups is 3. The first kappa shape index (κ1) is 18.0. The second-order valence-electron chi connectivity index (χ2n) is 8.80. The Labute approximate surface area is 158 Å². The summed E-state index contributed by atoms with van der Waals surface area (Å²) in [7, 11) is 0. The van der Waals surface area contributed by atoms with Crippen molar-refractivity contribution >= 4 is 18.3 Å². The van der Waals surface area contributed by atoms with Crippen molar-refractivity contribution in [1.29, 1.82) is 0 Å². The topological polar surface area (TPSA) is 86.7 Å². The van der Waals surface area contributed by atoms with E-state index in [1.165, 1.54) is 5.56 Å². The van der Waals surface area contributed by atoms with Crippen molar-refractivity contribution in [2.24, 2.45) is 17.8 Å². The molecule has 144 valence electrons. The summed E-state index contributed by atoms with van der Waals surface area (Å²) in [6.07, 6.45) is 2.21. The summed E-state index contributed by atoms with van der Waals surface area (Å²) in [5.41, 5.74) is 1.12. The second-order valence-corrected chi connectivity index (χ2v) is 8.80. The van der Waals surface area contributed by atoms with Gasteiger partial charge in [-0.3, -0.25) is 14.4 Å². The van der Waals surface area contributed by atoms with E-state index in [9.17, 15) is 19.5 Å². The molecule has 2 saturated carbocycles. The van der Waals surface area contributed by atoms with Crippen molar-refractivity contribution in [3.63, 3.8) is 0 Å². The normalized spacial score (nSPS) is 31.6. The molecule has 3 fully saturated rings. The molecule has 27 heavy (non-hydrogen) atoms. The van der Waals surface area contributed by atoms with E-state index >= 15 is 0 Å². The first-order chi connectivity index (χ1) is 12.8. The zero-order chi connectivity index (χ0) is 19.3. The molecule has 1 saturated heterocycles. The lowest BCUT2D eigenvalue weighted by Crippen LogP contribution is -2.48. The molecule has 1 heterocycles. The van der Waals surface area contributed by atoms with Crippen LogP contribution in [0.2, 0.25) is 0 Å². The lowest BCUT2D eigenvalue weighted by Gasteiger charge is -2.36. The molecule has 2 amide bonds. The Hall–Kier alpha value is -2.37. The Morgan fingerprint density at radius 1 is 1.22 bits per heavy atom. The lowest BCUT2D eigenvalue weighted by atomic mass is 9.79. The SMILES string of the molecule is CC(C)(C(=O)O)c1cccc(C2C3CN(C(=O)C4CC(NC=O)C4)CC32)c1. The number of rotatable bonds is 6. The van der Waals surface area contributed by atoms with Crippen molar-refractivity contribution < 1.29 is 19.5 Å². The molecule has 3 aliphatic rings. The minimum absolute atomic E-state index is 0.0538. The number of carbonyl (C=O) groups excluding carboxylic acids is 2. The van der Waals surface area contributed by atoms with Gasteiger partial charge in [0.15, 0.2) is 0 Å². The standard InChI is InChI=1S/C21H26N2O4/c1-21(2,20(26)27)14-5-3-4-12(6-14)18-16-9-23(10-17(16)18)19(25)13-7-15(8-13)22-11-24/h3-6,11,13,15-18H,7-10H2,1-2H3,(H,22,24)(H,26,27). The number of carboxylic acid groups (broad SMARTS) is 1. The predicted molar refractivity (Wildman–Crippen MR) is 99.1 cm³/mol. The Balaban J connectivity index is 1.36. The zero-order valence-corrected chi connectivity index (χ0v) is 15.7.